The van der Waals surface area contributed by atoms with E-state index in [-0.39, 0.29) is 0 Å². The molecule has 120 valence electrons. The molecule has 0 heterocycles. The van der Waals surface area contributed by atoms with Gasteiger partial charge in [-0.05, 0) is 18.6 Å². The Kier molecular flexibility index (Phi) is 5.13. The SMILES string of the molecule is CCC(Oc1ccccc1)C(N)(C(N)=O)C(=O)c1ccccc1. The summed E-state index contributed by atoms with van der Waals surface area (Å²) in [5, 5.41) is 0. The molecule has 0 aliphatic rings. The maximum absolute atomic E-state index is 12.8. The van der Waals surface area contributed by atoms with E-state index >= 15 is 0 Å². The third kappa shape index (κ3) is 3.40. The molecule has 2 rings (SSSR count). The summed E-state index contributed by atoms with van der Waals surface area (Å²) >= 11 is 0. The Bertz CT molecular complexity index is 673. The first-order chi connectivity index (χ1) is 11.0. The number of carbonyl (C=O) groups excluding carboxylic acids is 2. The van der Waals surface area contributed by atoms with Crippen LogP contribution in [0.2, 0.25) is 0 Å². The molecule has 0 fully saturated rings. The van der Waals surface area contributed by atoms with Gasteiger partial charge in [-0.25, -0.2) is 0 Å². The van der Waals surface area contributed by atoms with Crippen molar-refractivity contribution in [3.63, 3.8) is 0 Å². The molecule has 2 aromatic rings. The molecule has 2 atom stereocenters. The van der Waals surface area contributed by atoms with Crippen molar-refractivity contribution in [3.05, 3.63) is 66.2 Å². The fourth-order valence-electron chi connectivity index (χ4n) is 2.41. The molecule has 0 saturated carbocycles. The quantitative estimate of drug-likeness (QED) is 0.603. The molecule has 0 saturated heterocycles. The Morgan fingerprint density at radius 3 is 2.04 bits per heavy atom. The van der Waals surface area contributed by atoms with Crippen molar-refractivity contribution in [2.75, 3.05) is 0 Å². The molecule has 0 aromatic heterocycles. The average Bonchev–Trinajstić information content (AvgIpc) is 2.59. The number of hydrogen-bond acceptors (Lipinski definition) is 4. The van der Waals surface area contributed by atoms with E-state index in [9.17, 15) is 9.59 Å². The highest BCUT2D eigenvalue weighted by atomic mass is 16.5. The highest BCUT2D eigenvalue weighted by molar-refractivity contribution is 6.18. The van der Waals surface area contributed by atoms with Gasteiger partial charge in [0.2, 0.25) is 5.91 Å². The second-order valence-corrected chi connectivity index (χ2v) is 5.26. The van der Waals surface area contributed by atoms with Crippen molar-refractivity contribution in [1.82, 2.24) is 0 Å². The summed E-state index contributed by atoms with van der Waals surface area (Å²) in [6.45, 7) is 1.79. The minimum absolute atomic E-state index is 0.323. The van der Waals surface area contributed by atoms with Crippen LogP contribution in [0, 0.1) is 0 Å². The number of Topliss-reactive ketones (excluding diaryl/α,β-unsaturated/α-hetero) is 1. The molecular formula is C18H20N2O3. The average molecular weight is 312 g/mol. The highest BCUT2D eigenvalue weighted by Crippen LogP contribution is 2.23. The Labute approximate surface area is 135 Å². The van der Waals surface area contributed by atoms with Gasteiger partial charge in [-0.15, -0.1) is 0 Å². The number of hydrogen-bond donors (Lipinski definition) is 2. The molecular weight excluding hydrogens is 292 g/mol. The summed E-state index contributed by atoms with van der Waals surface area (Å²) in [4.78, 5) is 24.8. The number of benzene rings is 2. The smallest absolute Gasteiger partial charge is 0.249 e. The monoisotopic (exact) mass is 312 g/mol. The first kappa shape index (κ1) is 16.7. The summed E-state index contributed by atoms with van der Waals surface area (Å²) < 4.78 is 5.79. The number of nitrogens with two attached hydrogens (primary N) is 2. The maximum Gasteiger partial charge on any atom is 0.249 e. The molecule has 5 heteroatoms. The third-order valence-electron chi connectivity index (χ3n) is 3.72. The van der Waals surface area contributed by atoms with Crippen molar-refractivity contribution in [2.24, 2.45) is 11.5 Å². The van der Waals surface area contributed by atoms with E-state index in [1.165, 1.54) is 0 Å². The molecule has 1 amide bonds. The lowest BCUT2D eigenvalue weighted by atomic mass is 9.83. The normalized spacial score (nSPS) is 14.5. The van der Waals surface area contributed by atoms with E-state index in [0.29, 0.717) is 17.7 Å². The summed E-state index contributed by atoms with van der Waals surface area (Å²) in [5.41, 5.74) is 10.0. The van der Waals surface area contributed by atoms with Crippen LogP contribution in [0.5, 0.6) is 5.75 Å². The number of para-hydroxylation sites is 1. The van der Waals surface area contributed by atoms with Gasteiger partial charge in [-0.1, -0.05) is 55.5 Å². The molecule has 0 radical (unpaired) electrons. The molecule has 4 N–H and O–H groups in total. The van der Waals surface area contributed by atoms with Crippen molar-refractivity contribution in [1.29, 1.82) is 0 Å². The van der Waals surface area contributed by atoms with Crippen LogP contribution in [0.15, 0.2) is 60.7 Å². The molecule has 2 unspecified atom stereocenters. The minimum Gasteiger partial charge on any atom is -0.487 e. The largest absolute Gasteiger partial charge is 0.487 e. The lowest BCUT2D eigenvalue weighted by Crippen LogP contribution is -2.67. The Morgan fingerprint density at radius 1 is 1.04 bits per heavy atom. The van der Waals surface area contributed by atoms with Crippen LogP contribution in [-0.2, 0) is 4.79 Å². The van der Waals surface area contributed by atoms with Gasteiger partial charge in [0.05, 0.1) is 0 Å². The molecule has 0 aliphatic carbocycles. The van der Waals surface area contributed by atoms with Crippen LogP contribution >= 0.6 is 0 Å². The number of carbonyl (C=O) groups is 2. The van der Waals surface area contributed by atoms with Crippen LogP contribution in [0.25, 0.3) is 0 Å². The van der Waals surface area contributed by atoms with Crippen LogP contribution < -0.4 is 16.2 Å². The number of amides is 1. The zero-order valence-electron chi connectivity index (χ0n) is 12.9. The zero-order chi connectivity index (χ0) is 16.9. The number of ether oxygens (including phenoxy) is 1. The van der Waals surface area contributed by atoms with Gasteiger partial charge in [-0.3, -0.25) is 9.59 Å². The van der Waals surface area contributed by atoms with E-state index in [2.05, 4.69) is 0 Å². The van der Waals surface area contributed by atoms with Gasteiger partial charge < -0.3 is 16.2 Å². The first-order valence-electron chi connectivity index (χ1n) is 7.40. The first-order valence-corrected chi connectivity index (χ1v) is 7.40. The fraction of sp³-hybridized carbons (Fsp3) is 0.222. The molecule has 0 spiro atoms. The summed E-state index contributed by atoms with van der Waals surface area (Å²) in [6, 6.07) is 17.3. The standard InChI is InChI=1S/C18H20N2O3/c1-2-15(23-14-11-7-4-8-12-14)18(20,17(19)22)16(21)13-9-5-3-6-10-13/h3-12,15H,2,20H2,1H3,(H2,19,22). The number of ketones is 1. The van der Waals surface area contributed by atoms with Gasteiger partial charge in [0.25, 0.3) is 0 Å². The summed E-state index contributed by atoms with van der Waals surface area (Å²) in [7, 11) is 0. The molecule has 0 bridgehead atoms. The predicted molar refractivity (Wildman–Crippen MR) is 88.0 cm³/mol. The maximum atomic E-state index is 12.8. The second-order valence-electron chi connectivity index (χ2n) is 5.26. The number of primary amides is 1. The zero-order valence-corrected chi connectivity index (χ0v) is 12.9. The Morgan fingerprint density at radius 2 is 1.57 bits per heavy atom. The summed E-state index contributed by atoms with van der Waals surface area (Å²) in [5.74, 6) is -0.932. The number of rotatable bonds is 7. The topological polar surface area (TPSA) is 95.4 Å². The van der Waals surface area contributed by atoms with Crippen LogP contribution in [0.1, 0.15) is 23.7 Å². The van der Waals surface area contributed by atoms with Crippen molar-refractivity contribution < 1.29 is 14.3 Å². The lowest BCUT2D eigenvalue weighted by Gasteiger charge is -2.33. The van der Waals surface area contributed by atoms with Crippen LogP contribution in [-0.4, -0.2) is 23.3 Å². The van der Waals surface area contributed by atoms with E-state index < -0.39 is 23.3 Å². The van der Waals surface area contributed by atoms with Crippen molar-refractivity contribution in [3.8, 4) is 5.75 Å². The fourth-order valence-corrected chi connectivity index (χ4v) is 2.41. The second kappa shape index (κ2) is 7.07. The van der Waals surface area contributed by atoms with E-state index in [0.717, 1.165) is 0 Å². The van der Waals surface area contributed by atoms with Gasteiger partial charge in [0, 0.05) is 5.56 Å². The lowest BCUT2D eigenvalue weighted by molar-refractivity contribution is -0.124. The van der Waals surface area contributed by atoms with Gasteiger partial charge >= 0.3 is 0 Å². The third-order valence-corrected chi connectivity index (χ3v) is 3.72. The Balaban J connectivity index is 2.38. The predicted octanol–water partition coefficient (Wildman–Crippen LogP) is 1.91. The molecule has 0 aliphatic heterocycles. The summed E-state index contributed by atoms with van der Waals surface area (Å²) in [6.07, 6.45) is -0.512. The molecule has 5 nitrogen and oxygen atoms in total. The molecule has 23 heavy (non-hydrogen) atoms. The van der Waals surface area contributed by atoms with Gasteiger partial charge in [-0.2, -0.15) is 0 Å². The van der Waals surface area contributed by atoms with Crippen molar-refractivity contribution in [2.45, 2.75) is 25.0 Å². The van der Waals surface area contributed by atoms with Crippen molar-refractivity contribution >= 4 is 11.7 Å². The highest BCUT2D eigenvalue weighted by Gasteiger charge is 2.48. The molecule has 2 aromatic carbocycles. The van der Waals surface area contributed by atoms with E-state index in [4.69, 9.17) is 16.2 Å². The van der Waals surface area contributed by atoms with E-state index in [1.54, 1.807) is 61.5 Å². The minimum atomic E-state index is -1.94. The van der Waals surface area contributed by atoms with Gasteiger partial charge in [0.1, 0.15) is 11.9 Å². The van der Waals surface area contributed by atoms with Crippen LogP contribution in [0.3, 0.4) is 0 Å². The van der Waals surface area contributed by atoms with Crippen LogP contribution in [0.4, 0.5) is 0 Å². The van der Waals surface area contributed by atoms with E-state index in [1.807, 2.05) is 6.07 Å². The van der Waals surface area contributed by atoms with Gasteiger partial charge in [0.15, 0.2) is 11.3 Å². The Hall–Kier alpha value is -2.66.